The number of rotatable bonds is 7. The predicted molar refractivity (Wildman–Crippen MR) is 107 cm³/mol. The summed E-state index contributed by atoms with van der Waals surface area (Å²) >= 11 is 1.09. The number of dihydropyridines is 1. The van der Waals surface area contributed by atoms with Gasteiger partial charge in [-0.1, -0.05) is 23.9 Å². The van der Waals surface area contributed by atoms with Gasteiger partial charge in [0.2, 0.25) is 5.91 Å². The number of amides is 1. The van der Waals surface area contributed by atoms with Crippen LogP contribution in [0.25, 0.3) is 0 Å². The van der Waals surface area contributed by atoms with E-state index in [2.05, 4.69) is 11.4 Å². The Morgan fingerprint density at radius 1 is 1.24 bits per heavy atom. The average Bonchev–Trinajstić information content (AvgIpc) is 2.71. The molecule has 2 rings (SSSR count). The molecule has 1 atom stereocenters. The molecule has 29 heavy (non-hydrogen) atoms. The molecule has 152 valence electrons. The Balaban J connectivity index is 2.58. The third-order valence-corrected chi connectivity index (χ3v) is 5.21. The third-order valence-electron chi connectivity index (χ3n) is 4.17. The standard InChI is InChI=1S/C20H21N3O5S/c1-4-28-20(26)16-11(2)23-18(29-10-15(22)24)14(9-21)17(16)12-5-7-13(8-6-12)19(25)27-3/h5-8,17,23H,4,10H2,1-3H3,(H2,22,24)/t17-/m0/s1. The van der Waals surface area contributed by atoms with Gasteiger partial charge < -0.3 is 20.5 Å². The molecular weight excluding hydrogens is 394 g/mol. The Labute approximate surface area is 172 Å². The molecule has 0 saturated carbocycles. The van der Waals surface area contributed by atoms with E-state index in [1.807, 2.05) is 0 Å². The molecule has 1 heterocycles. The molecule has 0 fully saturated rings. The summed E-state index contributed by atoms with van der Waals surface area (Å²) in [6, 6.07) is 8.57. The van der Waals surface area contributed by atoms with Gasteiger partial charge in [0, 0.05) is 5.70 Å². The third kappa shape index (κ3) is 4.97. The minimum absolute atomic E-state index is 0.0243. The number of nitrogens with two attached hydrogens (primary N) is 1. The van der Waals surface area contributed by atoms with Crippen molar-refractivity contribution in [2.45, 2.75) is 19.8 Å². The maximum Gasteiger partial charge on any atom is 0.337 e. The first-order valence-electron chi connectivity index (χ1n) is 8.72. The summed E-state index contributed by atoms with van der Waals surface area (Å²) in [5, 5.41) is 13.3. The fourth-order valence-electron chi connectivity index (χ4n) is 2.91. The predicted octanol–water partition coefficient (Wildman–Crippen LogP) is 1.95. The highest BCUT2D eigenvalue weighted by Gasteiger charge is 2.35. The van der Waals surface area contributed by atoms with E-state index >= 15 is 0 Å². The minimum Gasteiger partial charge on any atom is -0.465 e. The summed E-state index contributed by atoms with van der Waals surface area (Å²) in [4.78, 5) is 35.5. The Morgan fingerprint density at radius 2 is 1.90 bits per heavy atom. The van der Waals surface area contributed by atoms with Gasteiger partial charge >= 0.3 is 11.9 Å². The van der Waals surface area contributed by atoms with Gasteiger partial charge in [-0.15, -0.1) is 0 Å². The molecule has 1 aromatic rings. The van der Waals surface area contributed by atoms with Crippen molar-refractivity contribution in [1.82, 2.24) is 5.32 Å². The van der Waals surface area contributed by atoms with Crippen LogP contribution in [0.2, 0.25) is 0 Å². The zero-order valence-corrected chi connectivity index (χ0v) is 17.1. The molecule has 0 saturated heterocycles. The summed E-state index contributed by atoms with van der Waals surface area (Å²) in [5.74, 6) is -2.32. The van der Waals surface area contributed by atoms with Gasteiger partial charge in [0.05, 0.1) is 53.2 Å². The Hall–Kier alpha value is -3.25. The van der Waals surface area contributed by atoms with Gasteiger partial charge in [0.25, 0.3) is 0 Å². The zero-order valence-electron chi connectivity index (χ0n) is 16.3. The highest BCUT2D eigenvalue weighted by Crippen LogP contribution is 2.41. The number of benzene rings is 1. The molecule has 3 N–H and O–H groups in total. The summed E-state index contributed by atoms with van der Waals surface area (Å²) in [5.41, 5.74) is 7.25. The molecule has 9 heteroatoms. The second-order valence-electron chi connectivity index (χ2n) is 6.04. The highest BCUT2D eigenvalue weighted by molar-refractivity contribution is 8.03. The van der Waals surface area contributed by atoms with Crippen molar-refractivity contribution < 1.29 is 23.9 Å². The fourth-order valence-corrected chi connectivity index (χ4v) is 3.74. The molecule has 0 spiro atoms. The molecular formula is C20H21N3O5S. The van der Waals surface area contributed by atoms with Crippen LogP contribution in [0.15, 0.2) is 46.1 Å². The number of nitrogens with one attached hydrogen (secondary N) is 1. The number of hydrogen-bond donors (Lipinski definition) is 2. The van der Waals surface area contributed by atoms with E-state index in [9.17, 15) is 19.6 Å². The van der Waals surface area contributed by atoms with Gasteiger partial charge in [-0.2, -0.15) is 5.26 Å². The number of ether oxygens (including phenoxy) is 2. The Kier molecular flexibility index (Phi) is 7.45. The maximum atomic E-state index is 12.6. The first kappa shape index (κ1) is 22.0. The van der Waals surface area contributed by atoms with Crippen LogP contribution < -0.4 is 11.1 Å². The first-order valence-corrected chi connectivity index (χ1v) is 9.71. The largest absolute Gasteiger partial charge is 0.465 e. The van der Waals surface area contributed by atoms with Crippen LogP contribution in [-0.4, -0.2) is 37.3 Å². The van der Waals surface area contributed by atoms with Gasteiger partial charge in [0.1, 0.15) is 0 Å². The van der Waals surface area contributed by atoms with Crippen LogP contribution >= 0.6 is 11.8 Å². The average molecular weight is 415 g/mol. The van der Waals surface area contributed by atoms with Crippen molar-refractivity contribution >= 4 is 29.6 Å². The number of carbonyl (C=O) groups excluding carboxylic acids is 3. The normalized spacial score (nSPS) is 16.0. The van der Waals surface area contributed by atoms with Crippen LogP contribution in [0.5, 0.6) is 0 Å². The number of methoxy groups -OCH3 is 1. The van der Waals surface area contributed by atoms with Crippen molar-refractivity contribution in [2.24, 2.45) is 5.73 Å². The molecule has 8 nitrogen and oxygen atoms in total. The second kappa shape index (κ2) is 9.80. The lowest BCUT2D eigenvalue weighted by molar-refractivity contribution is -0.138. The number of allylic oxidation sites excluding steroid dienone is 2. The fraction of sp³-hybridized carbons (Fsp3) is 0.300. The van der Waals surface area contributed by atoms with E-state index in [1.54, 1.807) is 38.1 Å². The van der Waals surface area contributed by atoms with Crippen LogP contribution in [0, 0.1) is 11.3 Å². The maximum absolute atomic E-state index is 12.6. The van der Waals surface area contributed by atoms with E-state index in [1.165, 1.54) is 7.11 Å². The highest BCUT2D eigenvalue weighted by atomic mass is 32.2. The smallest absolute Gasteiger partial charge is 0.337 e. The van der Waals surface area contributed by atoms with Crippen molar-refractivity contribution in [3.05, 3.63) is 57.3 Å². The molecule has 0 aromatic heterocycles. The van der Waals surface area contributed by atoms with E-state index in [0.29, 0.717) is 21.9 Å². The van der Waals surface area contributed by atoms with Gasteiger partial charge in [0.15, 0.2) is 0 Å². The Bertz CT molecular complexity index is 928. The van der Waals surface area contributed by atoms with Crippen LogP contribution in [0.4, 0.5) is 0 Å². The Morgan fingerprint density at radius 3 is 2.41 bits per heavy atom. The quantitative estimate of drug-likeness (QED) is 0.646. The molecule has 0 bridgehead atoms. The number of thioether (sulfide) groups is 1. The van der Waals surface area contributed by atoms with Crippen molar-refractivity contribution in [2.75, 3.05) is 19.5 Å². The zero-order chi connectivity index (χ0) is 21.6. The number of esters is 2. The lowest BCUT2D eigenvalue weighted by Gasteiger charge is -2.29. The van der Waals surface area contributed by atoms with E-state index in [0.717, 1.165) is 11.8 Å². The van der Waals surface area contributed by atoms with Gasteiger partial charge in [-0.05, 0) is 31.5 Å². The summed E-state index contributed by atoms with van der Waals surface area (Å²) in [6.07, 6.45) is 0. The lowest BCUT2D eigenvalue weighted by Crippen LogP contribution is -2.29. The molecule has 1 aromatic carbocycles. The SMILES string of the molecule is CCOC(=O)C1=C(C)NC(SCC(N)=O)=C(C#N)[C@@H]1c1ccc(C(=O)OC)cc1. The van der Waals surface area contributed by atoms with Crippen molar-refractivity contribution in [3.63, 3.8) is 0 Å². The van der Waals surface area contributed by atoms with Crippen LogP contribution in [0.1, 0.15) is 35.7 Å². The van der Waals surface area contributed by atoms with Gasteiger partial charge in [-0.25, -0.2) is 9.59 Å². The minimum atomic E-state index is -0.720. The van der Waals surface area contributed by atoms with Crippen LogP contribution in [-0.2, 0) is 19.1 Å². The molecule has 1 amide bonds. The summed E-state index contributed by atoms with van der Waals surface area (Å²) in [7, 11) is 1.28. The summed E-state index contributed by atoms with van der Waals surface area (Å²) < 4.78 is 9.89. The molecule has 0 unspecified atom stereocenters. The molecule has 1 aliphatic rings. The van der Waals surface area contributed by atoms with Crippen molar-refractivity contribution in [1.29, 1.82) is 5.26 Å². The summed E-state index contributed by atoms with van der Waals surface area (Å²) in [6.45, 7) is 3.57. The first-order chi connectivity index (χ1) is 13.8. The lowest BCUT2D eigenvalue weighted by atomic mass is 9.82. The monoisotopic (exact) mass is 415 g/mol. The molecule has 0 radical (unpaired) electrons. The second-order valence-corrected chi connectivity index (χ2v) is 7.03. The van der Waals surface area contributed by atoms with E-state index in [4.69, 9.17) is 15.2 Å². The van der Waals surface area contributed by atoms with Gasteiger partial charge in [-0.3, -0.25) is 4.79 Å². The number of primary amides is 1. The number of hydrogen-bond acceptors (Lipinski definition) is 8. The number of nitrogens with zero attached hydrogens (tertiary/aromatic N) is 1. The molecule has 1 aliphatic heterocycles. The number of carbonyl (C=O) groups is 3. The van der Waals surface area contributed by atoms with Crippen molar-refractivity contribution in [3.8, 4) is 6.07 Å². The molecule has 0 aliphatic carbocycles. The topological polar surface area (TPSA) is 132 Å². The van der Waals surface area contributed by atoms with Crippen LogP contribution in [0.3, 0.4) is 0 Å². The van der Waals surface area contributed by atoms with E-state index < -0.39 is 23.8 Å². The number of nitriles is 1. The van der Waals surface area contributed by atoms with E-state index in [-0.39, 0.29) is 23.5 Å².